The van der Waals surface area contributed by atoms with E-state index >= 15 is 0 Å². The van der Waals surface area contributed by atoms with Gasteiger partial charge in [0.25, 0.3) is 0 Å². The van der Waals surface area contributed by atoms with Crippen LogP contribution in [0.5, 0.6) is 0 Å². The van der Waals surface area contributed by atoms with Crippen LogP contribution in [0.1, 0.15) is 20.3 Å². The maximum Gasteiger partial charge on any atom is 0.241 e. The molecule has 0 aromatic heterocycles. The van der Waals surface area contributed by atoms with Crippen molar-refractivity contribution >= 4 is 12.3 Å². The Balaban J connectivity index is 0.000000181. The monoisotopic (exact) mass is 241 g/mol. The number of likely N-dealkylation sites (tertiary alicyclic amines) is 1. The zero-order chi connectivity index (χ0) is 12.8. The van der Waals surface area contributed by atoms with E-state index in [0.717, 1.165) is 6.04 Å². The van der Waals surface area contributed by atoms with Crippen LogP contribution in [0, 0.1) is 0 Å². The predicted octanol–water partition coefficient (Wildman–Crippen LogP) is 0.0173. The van der Waals surface area contributed by atoms with E-state index < -0.39 is 0 Å². The molecule has 0 radical (unpaired) electrons. The van der Waals surface area contributed by atoms with Gasteiger partial charge in [0, 0.05) is 26.2 Å². The van der Waals surface area contributed by atoms with Gasteiger partial charge in [0.2, 0.25) is 12.3 Å². The second-order valence-electron chi connectivity index (χ2n) is 4.87. The number of piperazine rings is 1. The summed E-state index contributed by atoms with van der Waals surface area (Å²) in [6, 6.07) is 0.786. The first-order valence-electron chi connectivity index (χ1n) is 6.22. The Morgan fingerprint density at radius 3 is 2.12 bits per heavy atom. The van der Waals surface area contributed by atoms with Gasteiger partial charge in [-0.25, -0.2) is 0 Å². The van der Waals surface area contributed by atoms with Crippen molar-refractivity contribution in [3.8, 4) is 0 Å². The Bertz CT molecular complexity index is 264. The van der Waals surface area contributed by atoms with E-state index in [-0.39, 0.29) is 12.5 Å². The molecular weight excluding hydrogens is 218 g/mol. The lowest BCUT2D eigenvalue weighted by Gasteiger charge is -2.34. The van der Waals surface area contributed by atoms with E-state index in [2.05, 4.69) is 18.7 Å². The number of amides is 2. The van der Waals surface area contributed by atoms with E-state index in [4.69, 9.17) is 0 Å². The fourth-order valence-electron chi connectivity index (χ4n) is 1.72. The average molecular weight is 241 g/mol. The lowest BCUT2D eigenvalue weighted by atomic mass is 10.2. The first-order chi connectivity index (χ1) is 8.04. The van der Waals surface area contributed by atoms with Crippen molar-refractivity contribution in [2.24, 2.45) is 0 Å². The molecule has 2 amide bonds. The minimum absolute atomic E-state index is 0.0124. The molecule has 2 heterocycles. The molecule has 98 valence electrons. The average Bonchev–Trinajstić information content (AvgIpc) is 2.20. The highest BCUT2D eigenvalue weighted by atomic mass is 16.2. The van der Waals surface area contributed by atoms with Gasteiger partial charge >= 0.3 is 0 Å². The quantitative estimate of drug-likeness (QED) is 0.640. The third-order valence-electron chi connectivity index (χ3n) is 3.26. The molecule has 0 spiro atoms. The van der Waals surface area contributed by atoms with Crippen molar-refractivity contribution in [1.82, 2.24) is 14.7 Å². The van der Waals surface area contributed by atoms with Crippen LogP contribution in [0.4, 0.5) is 0 Å². The molecule has 0 aromatic carbocycles. The molecule has 0 saturated carbocycles. The SMILES string of the molecule is CC(C)N1CCC1.CN1CCN(C=O)CC1=O. The van der Waals surface area contributed by atoms with E-state index in [1.807, 2.05) is 0 Å². The third-order valence-corrected chi connectivity index (χ3v) is 3.26. The van der Waals surface area contributed by atoms with Crippen LogP contribution in [0.25, 0.3) is 0 Å². The van der Waals surface area contributed by atoms with Crippen molar-refractivity contribution in [3.63, 3.8) is 0 Å². The van der Waals surface area contributed by atoms with Gasteiger partial charge in [-0.2, -0.15) is 0 Å². The molecule has 2 aliphatic heterocycles. The van der Waals surface area contributed by atoms with Gasteiger partial charge in [-0.15, -0.1) is 0 Å². The van der Waals surface area contributed by atoms with Gasteiger partial charge < -0.3 is 14.7 Å². The molecule has 0 unspecified atom stereocenters. The van der Waals surface area contributed by atoms with Gasteiger partial charge in [0.05, 0.1) is 6.54 Å². The van der Waals surface area contributed by atoms with Crippen LogP contribution in [0.2, 0.25) is 0 Å². The number of carbonyl (C=O) groups is 2. The Kier molecular flexibility index (Phi) is 5.41. The molecule has 0 bridgehead atoms. The molecule has 0 aromatic rings. The van der Waals surface area contributed by atoms with Crippen molar-refractivity contribution in [3.05, 3.63) is 0 Å². The maximum absolute atomic E-state index is 10.9. The molecule has 17 heavy (non-hydrogen) atoms. The van der Waals surface area contributed by atoms with Crippen molar-refractivity contribution in [2.75, 3.05) is 39.8 Å². The summed E-state index contributed by atoms with van der Waals surface area (Å²) in [4.78, 5) is 26.6. The number of likely N-dealkylation sites (N-methyl/N-ethyl adjacent to an activating group) is 1. The van der Waals surface area contributed by atoms with Crippen molar-refractivity contribution < 1.29 is 9.59 Å². The summed E-state index contributed by atoms with van der Waals surface area (Å²) in [7, 11) is 1.74. The van der Waals surface area contributed by atoms with E-state index in [1.165, 1.54) is 24.4 Å². The first kappa shape index (κ1) is 14.0. The Labute approximate surface area is 103 Å². The van der Waals surface area contributed by atoms with Gasteiger partial charge in [-0.3, -0.25) is 9.59 Å². The summed E-state index contributed by atoms with van der Waals surface area (Å²) < 4.78 is 0. The van der Waals surface area contributed by atoms with E-state index in [0.29, 0.717) is 19.5 Å². The second kappa shape index (κ2) is 6.59. The number of nitrogens with zero attached hydrogens (tertiary/aromatic N) is 3. The molecule has 5 heteroatoms. The van der Waals surface area contributed by atoms with Gasteiger partial charge in [0.15, 0.2) is 0 Å². The van der Waals surface area contributed by atoms with E-state index in [9.17, 15) is 9.59 Å². The van der Waals surface area contributed by atoms with E-state index in [1.54, 1.807) is 11.9 Å². The lowest BCUT2D eigenvalue weighted by Crippen LogP contribution is -2.47. The van der Waals surface area contributed by atoms with Crippen LogP contribution >= 0.6 is 0 Å². The topological polar surface area (TPSA) is 43.9 Å². The molecule has 0 aliphatic carbocycles. The highest BCUT2D eigenvalue weighted by Crippen LogP contribution is 2.08. The largest absolute Gasteiger partial charge is 0.342 e. The van der Waals surface area contributed by atoms with Crippen molar-refractivity contribution in [2.45, 2.75) is 26.3 Å². The standard InChI is InChI=1S/C6H10N2O2.C6H13N/c1-7-2-3-8(5-9)4-6(7)10;1-6(2)7-4-3-5-7/h5H,2-4H2,1H3;6H,3-5H2,1-2H3. The first-order valence-corrected chi connectivity index (χ1v) is 6.22. The normalized spacial score (nSPS) is 20.8. The van der Waals surface area contributed by atoms with Gasteiger partial charge in [-0.05, 0) is 33.4 Å². The highest BCUT2D eigenvalue weighted by Gasteiger charge is 2.18. The van der Waals surface area contributed by atoms with Crippen molar-refractivity contribution in [1.29, 1.82) is 0 Å². The summed E-state index contributed by atoms with van der Waals surface area (Å²) in [5, 5.41) is 0. The smallest absolute Gasteiger partial charge is 0.241 e. The molecule has 5 nitrogen and oxygen atoms in total. The molecule has 2 aliphatic rings. The fraction of sp³-hybridized carbons (Fsp3) is 0.833. The predicted molar refractivity (Wildman–Crippen MR) is 66.6 cm³/mol. The number of hydrogen-bond acceptors (Lipinski definition) is 3. The Hall–Kier alpha value is -1.10. The Morgan fingerprint density at radius 2 is 1.82 bits per heavy atom. The molecular formula is C12H23N3O2. The minimum atomic E-state index is 0.0124. The molecule has 2 rings (SSSR count). The van der Waals surface area contributed by atoms with Crippen LogP contribution < -0.4 is 0 Å². The van der Waals surface area contributed by atoms with Gasteiger partial charge in [0.1, 0.15) is 0 Å². The zero-order valence-electron chi connectivity index (χ0n) is 11.1. The Morgan fingerprint density at radius 1 is 1.18 bits per heavy atom. The lowest BCUT2D eigenvalue weighted by molar-refractivity contribution is -0.138. The minimum Gasteiger partial charge on any atom is -0.342 e. The molecule has 0 atom stereocenters. The summed E-state index contributed by atoms with van der Waals surface area (Å²) in [5.41, 5.74) is 0. The summed E-state index contributed by atoms with van der Waals surface area (Å²) in [6.45, 7) is 8.71. The highest BCUT2D eigenvalue weighted by molar-refractivity contribution is 5.80. The number of rotatable bonds is 2. The molecule has 2 saturated heterocycles. The zero-order valence-corrected chi connectivity index (χ0v) is 11.1. The van der Waals surface area contributed by atoms with Crippen LogP contribution in [-0.2, 0) is 9.59 Å². The second-order valence-corrected chi connectivity index (χ2v) is 4.87. The number of hydrogen-bond donors (Lipinski definition) is 0. The summed E-state index contributed by atoms with van der Waals surface area (Å²) in [6.07, 6.45) is 2.13. The van der Waals surface area contributed by atoms with Crippen LogP contribution in [0.3, 0.4) is 0 Å². The maximum atomic E-state index is 10.9. The van der Waals surface area contributed by atoms with Crippen LogP contribution in [-0.4, -0.2) is 72.8 Å². The summed E-state index contributed by atoms with van der Waals surface area (Å²) in [5.74, 6) is 0.0124. The fourth-order valence-corrected chi connectivity index (χ4v) is 1.72. The van der Waals surface area contributed by atoms with Crippen LogP contribution in [0.15, 0.2) is 0 Å². The molecule has 2 fully saturated rings. The molecule has 0 N–H and O–H groups in total. The third kappa shape index (κ3) is 4.34. The number of carbonyl (C=O) groups excluding carboxylic acids is 2. The summed E-state index contributed by atoms with van der Waals surface area (Å²) >= 11 is 0. The van der Waals surface area contributed by atoms with Gasteiger partial charge in [-0.1, -0.05) is 0 Å².